The number of nitrogens with one attached hydrogen (secondary N) is 2. The lowest BCUT2D eigenvalue weighted by Crippen LogP contribution is -2.20. The van der Waals surface area contributed by atoms with Crippen LogP contribution >= 0.6 is 27.5 Å². The first-order chi connectivity index (χ1) is 14.3. The first-order valence-corrected chi connectivity index (χ1v) is 11.4. The number of anilines is 1. The minimum Gasteiger partial charge on any atom is -0.278 e. The minimum atomic E-state index is -3.92. The topological polar surface area (TPSA) is 87.6 Å². The molecule has 0 heterocycles. The molecule has 0 bridgehead atoms. The summed E-state index contributed by atoms with van der Waals surface area (Å²) in [6.45, 7) is 1.76. The maximum atomic E-state index is 12.7. The Morgan fingerprint density at radius 2 is 1.67 bits per heavy atom. The summed E-state index contributed by atoms with van der Waals surface area (Å²) in [7, 11) is -3.92. The van der Waals surface area contributed by atoms with Crippen LogP contribution in [-0.4, -0.2) is 20.0 Å². The normalized spacial score (nSPS) is 11.8. The van der Waals surface area contributed by atoms with E-state index in [0.717, 1.165) is 10.0 Å². The van der Waals surface area contributed by atoms with Gasteiger partial charge in [-0.15, -0.1) is 0 Å². The zero-order chi connectivity index (χ0) is 21.7. The van der Waals surface area contributed by atoms with Crippen molar-refractivity contribution < 1.29 is 13.2 Å². The van der Waals surface area contributed by atoms with Gasteiger partial charge in [-0.3, -0.25) is 9.52 Å². The number of hydrogen-bond donors (Lipinski definition) is 2. The van der Waals surface area contributed by atoms with Gasteiger partial charge in [0.1, 0.15) is 0 Å². The summed E-state index contributed by atoms with van der Waals surface area (Å²) in [5.41, 5.74) is 4.32. The van der Waals surface area contributed by atoms with E-state index in [1.165, 1.54) is 24.3 Å². The van der Waals surface area contributed by atoms with Crippen LogP contribution in [0.1, 0.15) is 22.8 Å². The monoisotopic (exact) mass is 505 g/mol. The first kappa shape index (κ1) is 22.0. The van der Waals surface area contributed by atoms with E-state index in [2.05, 4.69) is 31.2 Å². The highest BCUT2D eigenvalue weighted by Gasteiger charge is 2.17. The Bertz CT molecular complexity index is 1210. The van der Waals surface area contributed by atoms with Crippen LogP contribution in [0.5, 0.6) is 0 Å². The number of carbonyl (C=O) groups excluding carboxylic acids is 1. The Balaban J connectivity index is 1.77. The molecule has 0 saturated carbocycles. The van der Waals surface area contributed by atoms with E-state index in [0.29, 0.717) is 5.71 Å². The molecule has 0 unspecified atom stereocenters. The van der Waals surface area contributed by atoms with E-state index in [1.807, 2.05) is 24.3 Å². The van der Waals surface area contributed by atoms with Gasteiger partial charge in [-0.05, 0) is 55.0 Å². The number of sulfonamides is 1. The Kier molecular flexibility index (Phi) is 6.91. The van der Waals surface area contributed by atoms with Gasteiger partial charge < -0.3 is 0 Å². The van der Waals surface area contributed by atoms with E-state index >= 15 is 0 Å². The molecule has 3 aromatic carbocycles. The van der Waals surface area contributed by atoms with Crippen molar-refractivity contribution in [3.8, 4) is 0 Å². The van der Waals surface area contributed by atoms with Crippen LogP contribution < -0.4 is 10.1 Å². The van der Waals surface area contributed by atoms with Gasteiger partial charge in [0, 0.05) is 10.0 Å². The molecule has 0 atom stereocenters. The standard InChI is InChI=1S/C21H17BrClN3O3S/c1-14(15-9-11-17(22)12-10-15)24-25-21(27)16-5-4-6-18(13-16)30(28,29)26-20-8-3-2-7-19(20)23/h2-13,26H,1H3,(H,25,27). The average molecular weight is 507 g/mol. The van der Waals surface area contributed by atoms with E-state index in [1.54, 1.807) is 31.2 Å². The second-order valence-corrected chi connectivity index (χ2v) is 9.26. The number of hydrazone groups is 1. The second kappa shape index (κ2) is 9.42. The summed E-state index contributed by atoms with van der Waals surface area (Å²) in [5, 5.41) is 4.36. The van der Waals surface area contributed by atoms with Crippen LogP contribution in [0.2, 0.25) is 5.02 Å². The predicted molar refractivity (Wildman–Crippen MR) is 123 cm³/mol. The molecule has 0 aliphatic carbocycles. The maximum absolute atomic E-state index is 12.7. The molecule has 0 fully saturated rings. The molecule has 0 saturated heterocycles. The van der Waals surface area contributed by atoms with Crippen molar-refractivity contribution in [2.24, 2.45) is 5.10 Å². The van der Waals surface area contributed by atoms with Crippen molar-refractivity contribution in [2.75, 3.05) is 4.72 Å². The fourth-order valence-electron chi connectivity index (χ4n) is 2.51. The third-order valence-corrected chi connectivity index (χ3v) is 6.33. The molecule has 0 spiro atoms. The summed E-state index contributed by atoms with van der Waals surface area (Å²) >= 11 is 9.38. The summed E-state index contributed by atoms with van der Waals surface area (Å²) in [5.74, 6) is -0.527. The van der Waals surface area contributed by atoms with Crippen LogP contribution in [0.25, 0.3) is 0 Å². The highest BCUT2D eigenvalue weighted by Crippen LogP contribution is 2.24. The lowest BCUT2D eigenvalue weighted by molar-refractivity contribution is 0.0954. The molecule has 3 aromatic rings. The number of amides is 1. The first-order valence-electron chi connectivity index (χ1n) is 8.74. The van der Waals surface area contributed by atoms with E-state index in [9.17, 15) is 13.2 Å². The third kappa shape index (κ3) is 5.47. The van der Waals surface area contributed by atoms with Crippen molar-refractivity contribution in [2.45, 2.75) is 11.8 Å². The van der Waals surface area contributed by atoms with Gasteiger partial charge in [-0.2, -0.15) is 5.10 Å². The van der Waals surface area contributed by atoms with Crippen molar-refractivity contribution >= 4 is 54.9 Å². The fraction of sp³-hybridized carbons (Fsp3) is 0.0476. The number of para-hydroxylation sites is 1. The number of halogens is 2. The van der Waals surface area contributed by atoms with Crippen molar-refractivity contribution in [1.29, 1.82) is 0 Å². The van der Waals surface area contributed by atoms with Gasteiger partial charge in [0.2, 0.25) is 0 Å². The van der Waals surface area contributed by atoms with Crippen molar-refractivity contribution in [3.63, 3.8) is 0 Å². The highest BCUT2D eigenvalue weighted by molar-refractivity contribution is 9.10. The maximum Gasteiger partial charge on any atom is 0.271 e. The largest absolute Gasteiger partial charge is 0.278 e. The molecule has 9 heteroatoms. The number of hydrogen-bond acceptors (Lipinski definition) is 4. The van der Waals surface area contributed by atoms with Crippen LogP contribution in [0.3, 0.4) is 0 Å². The van der Waals surface area contributed by atoms with Crippen LogP contribution in [0.4, 0.5) is 5.69 Å². The number of nitrogens with zero attached hydrogens (tertiary/aromatic N) is 1. The predicted octanol–water partition coefficient (Wildman–Crippen LogP) is 5.06. The summed E-state index contributed by atoms with van der Waals surface area (Å²) in [6, 6.07) is 19.6. The Labute approximate surface area is 188 Å². The van der Waals surface area contributed by atoms with Gasteiger partial charge in [0.05, 0.1) is 21.3 Å². The van der Waals surface area contributed by atoms with Gasteiger partial charge in [0.15, 0.2) is 0 Å². The molecule has 2 N–H and O–H groups in total. The van der Waals surface area contributed by atoms with E-state index in [4.69, 9.17) is 11.6 Å². The van der Waals surface area contributed by atoms with E-state index < -0.39 is 15.9 Å². The van der Waals surface area contributed by atoms with Crippen LogP contribution in [0.15, 0.2) is 87.3 Å². The molecule has 3 rings (SSSR count). The number of benzene rings is 3. The fourth-order valence-corrected chi connectivity index (χ4v) is 4.14. The van der Waals surface area contributed by atoms with Crippen molar-refractivity contribution in [3.05, 3.63) is 93.4 Å². The highest BCUT2D eigenvalue weighted by atomic mass is 79.9. The zero-order valence-corrected chi connectivity index (χ0v) is 18.9. The van der Waals surface area contributed by atoms with Gasteiger partial charge >= 0.3 is 0 Å². The quantitative estimate of drug-likeness (QED) is 0.362. The Morgan fingerprint density at radius 3 is 2.37 bits per heavy atom. The Morgan fingerprint density at radius 1 is 0.967 bits per heavy atom. The third-order valence-electron chi connectivity index (χ3n) is 4.11. The summed E-state index contributed by atoms with van der Waals surface area (Å²) in [4.78, 5) is 12.4. The number of rotatable bonds is 6. The molecule has 30 heavy (non-hydrogen) atoms. The summed E-state index contributed by atoms with van der Waals surface area (Å²) in [6.07, 6.45) is 0. The number of carbonyl (C=O) groups is 1. The molecule has 0 aliphatic rings. The van der Waals surface area contributed by atoms with Gasteiger partial charge in [0.25, 0.3) is 15.9 Å². The van der Waals surface area contributed by atoms with Gasteiger partial charge in [-0.1, -0.05) is 57.9 Å². The lowest BCUT2D eigenvalue weighted by atomic mass is 10.1. The van der Waals surface area contributed by atoms with Crippen molar-refractivity contribution in [1.82, 2.24) is 5.43 Å². The average Bonchev–Trinajstić information content (AvgIpc) is 2.74. The van der Waals surface area contributed by atoms with E-state index in [-0.39, 0.29) is 21.2 Å². The molecule has 154 valence electrons. The SMILES string of the molecule is CC(=NNC(=O)c1cccc(S(=O)(=O)Nc2ccccc2Cl)c1)c1ccc(Br)cc1. The second-order valence-electron chi connectivity index (χ2n) is 6.26. The minimum absolute atomic E-state index is 0.0660. The molecule has 1 amide bonds. The summed E-state index contributed by atoms with van der Waals surface area (Å²) < 4.78 is 28.7. The molecule has 0 aliphatic heterocycles. The molecule has 6 nitrogen and oxygen atoms in total. The molecule has 0 aromatic heterocycles. The molecular formula is C21H17BrClN3O3S. The van der Waals surface area contributed by atoms with Crippen LogP contribution in [-0.2, 0) is 10.0 Å². The molecular weight excluding hydrogens is 490 g/mol. The Hall–Kier alpha value is -2.68. The lowest BCUT2D eigenvalue weighted by Gasteiger charge is -2.10. The van der Waals surface area contributed by atoms with Crippen LogP contribution in [0, 0.1) is 0 Å². The smallest absolute Gasteiger partial charge is 0.271 e. The zero-order valence-electron chi connectivity index (χ0n) is 15.8. The van der Waals surface area contributed by atoms with Gasteiger partial charge in [-0.25, -0.2) is 13.8 Å². The molecule has 0 radical (unpaired) electrons.